The van der Waals surface area contributed by atoms with Gasteiger partial charge in [0.15, 0.2) is 6.29 Å². The highest BCUT2D eigenvalue weighted by Gasteiger charge is 2.41. The van der Waals surface area contributed by atoms with Crippen LogP contribution in [0.3, 0.4) is 0 Å². The fraction of sp³-hybridized carbons (Fsp3) is 0.429. The lowest BCUT2D eigenvalue weighted by Gasteiger charge is -2.31. The Kier molecular flexibility index (Phi) is 5.51. The molecule has 2 saturated heterocycles. The van der Waals surface area contributed by atoms with Crippen molar-refractivity contribution in [3.05, 3.63) is 65.7 Å². The second kappa shape index (κ2) is 8.18. The smallest absolute Gasteiger partial charge is 0.184 e. The van der Waals surface area contributed by atoms with E-state index in [1.54, 1.807) is 7.11 Å². The zero-order valence-electron chi connectivity index (χ0n) is 14.9. The van der Waals surface area contributed by atoms with Gasteiger partial charge in [-0.15, -0.1) is 0 Å². The summed E-state index contributed by atoms with van der Waals surface area (Å²) in [6.07, 6.45) is 0.549. The van der Waals surface area contributed by atoms with Crippen LogP contribution in [0.2, 0.25) is 0 Å². The van der Waals surface area contributed by atoms with Gasteiger partial charge in [0.05, 0.1) is 39.1 Å². The quantitative estimate of drug-likeness (QED) is 0.793. The molecule has 2 aliphatic heterocycles. The molecule has 2 aromatic carbocycles. The van der Waals surface area contributed by atoms with E-state index in [2.05, 4.69) is 12.1 Å². The normalized spacial score (nSPS) is 27.9. The fourth-order valence-electron chi connectivity index (χ4n) is 3.40. The molecule has 26 heavy (non-hydrogen) atoms. The molecule has 0 spiro atoms. The Morgan fingerprint density at radius 1 is 0.962 bits per heavy atom. The van der Waals surface area contributed by atoms with Gasteiger partial charge in [-0.1, -0.05) is 42.5 Å². The van der Waals surface area contributed by atoms with Crippen molar-refractivity contribution in [3.63, 3.8) is 0 Å². The van der Waals surface area contributed by atoms with Gasteiger partial charge in [-0.25, -0.2) is 0 Å². The summed E-state index contributed by atoms with van der Waals surface area (Å²) in [5, 5.41) is 0. The van der Waals surface area contributed by atoms with Crippen molar-refractivity contribution in [1.82, 2.24) is 0 Å². The molecule has 4 atom stereocenters. The number of methoxy groups -OCH3 is 1. The molecule has 0 aromatic heterocycles. The molecule has 5 heteroatoms. The molecule has 0 amide bonds. The van der Waals surface area contributed by atoms with Crippen LogP contribution in [0.1, 0.15) is 23.8 Å². The van der Waals surface area contributed by atoms with Crippen molar-refractivity contribution in [2.24, 2.45) is 0 Å². The first-order valence-electron chi connectivity index (χ1n) is 9.00. The maximum absolute atomic E-state index is 6.12. The SMILES string of the molecule is COc1ccc(C2OC[C@@H]3O[C@H](COCc4ccccc4)C[C@@H]3O2)cc1. The summed E-state index contributed by atoms with van der Waals surface area (Å²) in [5.74, 6) is 0.822. The molecule has 2 heterocycles. The lowest BCUT2D eigenvalue weighted by atomic mass is 10.1. The minimum absolute atomic E-state index is 0.0187. The summed E-state index contributed by atoms with van der Waals surface area (Å²) in [4.78, 5) is 0. The number of rotatable bonds is 6. The molecule has 138 valence electrons. The summed E-state index contributed by atoms with van der Waals surface area (Å²) < 4.78 is 29.0. The third-order valence-corrected chi connectivity index (χ3v) is 4.79. The van der Waals surface area contributed by atoms with Crippen LogP contribution in [-0.2, 0) is 25.6 Å². The van der Waals surface area contributed by atoms with E-state index >= 15 is 0 Å². The van der Waals surface area contributed by atoms with Gasteiger partial charge in [0.25, 0.3) is 0 Å². The average Bonchev–Trinajstić information content (AvgIpc) is 3.11. The molecular formula is C21H24O5. The number of benzene rings is 2. The van der Waals surface area contributed by atoms with Crippen molar-refractivity contribution in [2.75, 3.05) is 20.3 Å². The Morgan fingerprint density at radius 3 is 2.54 bits per heavy atom. The van der Waals surface area contributed by atoms with E-state index in [-0.39, 0.29) is 24.6 Å². The summed E-state index contributed by atoms with van der Waals surface area (Å²) in [7, 11) is 1.66. The number of hydrogen-bond donors (Lipinski definition) is 0. The van der Waals surface area contributed by atoms with Crippen LogP contribution in [0.25, 0.3) is 0 Å². The third-order valence-electron chi connectivity index (χ3n) is 4.79. The second-order valence-electron chi connectivity index (χ2n) is 6.65. The molecule has 0 saturated carbocycles. The van der Waals surface area contributed by atoms with Gasteiger partial charge >= 0.3 is 0 Å². The van der Waals surface area contributed by atoms with E-state index in [4.69, 9.17) is 23.7 Å². The zero-order valence-corrected chi connectivity index (χ0v) is 14.9. The van der Waals surface area contributed by atoms with E-state index in [1.165, 1.54) is 5.56 Å². The van der Waals surface area contributed by atoms with Crippen LogP contribution < -0.4 is 4.74 Å². The Labute approximate surface area is 153 Å². The predicted molar refractivity (Wildman–Crippen MR) is 95.9 cm³/mol. The lowest BCUT2D eigenvalue weighted by Crippen LogP contribution is -2.37. The molecule has 0 N–H and O–H groups in total. The Hall–Kier alpha value is -1.92. The standard InChI is InChI=1S/C21H24O5/c1-22-17-9-7-16(8-10-17)21-24-14-20-19(26-21)11-18(25-20)13-23-12-15-5-3-2-4-6-15/h2-10,18-21H,11-14H2,1H3/t18-,19-,20-,21?/m0/s1. The largest absolute Gasteiger partial charge is 0.497 e. The first kappa shape index (κ1) is 17.5. The van der Waals surface area contributed by atoms with Crippen LogP contribution in [-0.4, -0.2) is 38.6 Å². The molecule has 0 aliphatic carbocycles. The van der Waals surface area contributed by atoms with Crippen LogP contribution in [0.4, 0.5) is 0 Å². The van der Waals surface area contributed by atoms with Crippen LogP contribution in [0.15, 0.2) is 54.6 Å². The van der Waals surface area contributed by atoms with Gasteiger partial charge in [0.2, 0.25) is 0 Å². The van der Waals surface area contributed by atoms with Crippen molar-refractivity contribution < 1.29 is 23.7 Å². The highest BCUT2D eigenvalue weighted by Crippen LogP contribution is 2.35. The van der Waals surface area contributed by atoms with E-state index < -0.39 is 0 Å². The lowest BCUT2D eigenvalue weighted by molar-refractivity contribution is -0.244. The van der Waals surface area contributed by atoms with Gasteiger partial charge in [0.1, 0.15) is 11.9 Å². The Balaban J connectivity index is 1.27. The summed E-state index contributed by atoms with van der Waals surface area (Å²) >= 11 is 0. The molecule has 0 radical (unpaired) electrons. The molecule has 1 unspecified atom stereocenters. The average molecular weight is 356 g/mol. The highest BCUT2D eigenvalue weighted by atomic mass is 16.7. The third kappa shape index (κ3) is 4.07. The van der Waals surface area contributed by atoms with Crippen molar-refractivity contribution in [2.45, 2.75) is 37.6 Å². The topological polar surface area (TPSA) is 46.2 Å². The number of fused-ring (bicyclic) bond motifs is 1. The van der Waals surface area contributed by atoms with E-state index in [1.807, 2.05) is 42.5 Å². The van der Waals surface area contributed by atoms with E-state index in [9.17, 15) is 0 Å². The van der Waals surface area contributed by atoms with Gasteiger partial charge in [-0.3, -0.25) is 0 Å². The van der Waals surface area contributed by atoms with Gasteiger partial charge in [-0.05, 0) is 17.7 Å². The summed E-state index contributed by atoms with van der Waals surface area (Å²) in [6, 6.07) is 17.9. The summed E-state index contributed by atoms with van der Waals surface area (Å²) in [6.45, 7) is 1.71. The minimum atomic E-state index is -0.352. The van der Waals surface area contributed by atoms with Gasteiger partial charge < -0.3 is 23.7 Å². The summed E-state index contributed by atoms with van der Waals surface area (Å²) in [5.41, 5.74) is 2.16. The molecule has 0 bridgehead atoms. The number of hydrogen-bond acceptors (Lipinski definition) is 5. The fourth-order valence-corrected chi connectivity index (χ4v) is 3.40. The highest BCUT2D eigenvalue weighted by molar-refractivity contribution is 5.28. The van der Waals surface area contributed by atoms with Gasteiger partial charge in [-0.2, -0.15) is 0 Å². The first-order valence-corrected chi connectivity index (χ1v) is 9.00. The van der Waals surface area contributed by atoms with Crippen molar-refractivity contribution in [3.8, 4) is 5.75 Å². The van der Waals surface area contributed by atoms with E-state index in [0.717, 1.165) is 17.7 Å². The molecule has 2 fully saturated rings. The molecule has 4 rings (SSSR count). The van der Waals surface area contributed by atoms with Crippen LogP contribution >= 0.6 is 0 Å². The van der Waals surface area contributed by atoms with E-state index in [0.29, 0.717) is 19.8 Å². The van der Waals surface area contributed by atoms with Crippen LogP contribution in [0.5, 0.6) is 5.75 Å². The minimum Gasteiger partial charge on any atom is -0.497 e. The molecule has 2 aliphatic rings. The maximum Gasteiger partial charge on any atom is 0.184 e. The Bertz CT molecular complexity index is 687. The predicted octanol–water partition coefficient (Wildman–Crippen LogP) is 3.48. The van der Waals surface area contributed by atoms with Gasteiger partial charge in [0, 0.05) is 12.0 Å². The molecule has 2 aromatic rings. The monoisotopic (exact) mass is 356 g/mol. The van der Waals surface area contributed by atoms with Crippen molar-refractivity contribution in [1.29, 1.82) is 0 Å². The van der Waals surface area contributed by atoms with Crippen LogP contribution in [0, 0.1) is 0 Å². The maximum atomic E-state index is 6.12. The Morgan fingerprint density at radius 2 is 1.77 bits per heavy atom. The number of ether oxygens (including phenoxy) is 5. The molecular weight excluding hydrogens is 332 g/mol. The molecule has 5 nitrogen and oxygen atoms in total. The first-order chi connectivity index (χ1) is 12.8. The zero-order chi connectivity index (χ0) is 17.8. The second-order valence-corrected chi connectivity index (χ2v) is 6.65. The van der Waals surface area contributed by atoms with Crippen molar-refractivity contribution >= 4 is 0 Å².